The molecule has 0 aromatic rings. The molecule has 0 fully saturated rings. The molecule has 12 heteroatoms. The normalized spacial score (nSPS) is 4.69. The van der Waals surface area contributed by atoms with Crippen molar-refractivity contribution >= 4 is 30.9 Å². The third-order valence-corrected chi connectivity index (χ3v) is 0. The van der Waals surface area contributed by atoms with Gasteiger partial charge in [0, 0.05) is 131 Å². The van der Waals surface area contributed by atoms with E-state index >= 15 is 0 Å². The van der Waals surface area contributed by atoms with E-state index in [0.717, 1.165) is 0 Å². The first-order chi connectivity index (χ1) is 6.88. The van der Waals surface area contributed by atoms with Crippen molar-refractivity contribution in [2.24, 2.45) is 0 Å². The molecule has 210 valence electrons. The average Bonchev–Trinajstić information content (AvgIpc) is 1.78. The van der Waals surface area contributed by atoms with Gasteiger partial charge in [-0.2, -0.15) is 0 Å². The van der Waals surface area contributed by atoms with E-state index in [-0.39, 0.29) is 220 Å². The third-order valence-electron chi connectivity index (χ3n) is 0. The van der Waals surface area contributed by atoms with Crippen molar-refractivity contribution in [2.45, 2.75) is 89.1 Å². The van der Waals surface area contributed by atoms with Crippen LogP contribution in [-0.4, -0.2) is 53.3 Å². The van der Waals surface area contributed by atoms with Gasteiger partial charge in [-0.3, -0.25) is 5.16 Å². The summed E-state index contributed by atoms with van der Waals surface area (Å²) in [5.41, 5.74) is 0. The Kier molecular flexibility index (Phi) is 697. The first-order valence-corrected chi connectivity index (χ1v) is 14.2. The minimum absolute atomic E-state index is 0. The fourth-order valence-electron chi connectivity index (χ4n) is 0. The van der Waals surface area contributed by atoms with Crippen molar-refractivity contribution in [2.75, 3.05) is 53.3 Å². The Morgan fingerprint density at radius 1 is 0.500 bits per heavy atom. The minimum atomic E-state index is -1.14. The van der Waals surface area contributed by atoms with Gasteiger partial charge in [-0.25, -0.2) is 0 Å². The van der Waals surface area contributed by atoms with Crippen molar-refractivity contribution in [3.05, 3.63) is 0 Å². The summed E-state index contributed by atoms with van der Waals surface area (Å²) in [5, 5.41) is 26.6. The zero-order chi connectivity index (χ0) is 14.4. The summed E-state index contributed by atoms with van der Waals surface area (Å²) in [6.07, 6.45) is 0. The summed E-state index contributed by atoms with van der Waals surface area (Å²) in [5.74, 6) is 0. The van der Waals surface area contributed by atoms with E-state index in [2.05, 4.69) is 0 Å². The maximum atomic E-state index is 7.05. The van der Waals surface area contributed by atoms with E-state index in [1.165, 1.54) is 0 Å². The van der Waals surface area contributed by atoms with E-state index in [9.17, 15) is 0 Å². The molecular weight excluding hydrogens is 776 g/mol. The van der Waals surface area contributed by atoms with Crippen LogP contribution in [0.25, 0.3) is 0 Å². The molecule has 0 unspecified atom stereocenters. The van der Waals surface area contributed by atoms with E-state index in [0.29, 0.717) is 8.37 Å². The number of hydrogen-bond acceptors (Lipinski definition) is 4. The van der Waals surface area contributed by atoms with Gasteiger partial charge in [-0.15, -0.1) is 0 Å². The minimum Gasteiger partial charge on any atom is -0.322 e. The van der Waals surface area contributed by atoms with Gasteiger partial charge in [-0.05, 0) is 84.2 Å². The molecule has 0 aromatic heterocycles. The Bertz CT molecular complexity index is 231. The van der Waals surface area contributed by atoms with Crippen LogP contribution in [0.4, 0.5) is 0 Å². The molecule has 0 saturated heterocycles. The van der Waals surface area contributed by atoms with Crippen molar-refractivity contribution in [1.29, 1.82) is 20.6 Å². The maximum Gasteiger partial charge on any atom is 0 e. The maximum absolute atomic E-state index is 7.05. The van der Waals surface area contributed by atoms with Crippen molar-refractivity contribution in [3.8, 4) is 0 Å². The molecule has 4 N–H and O–H groups in total. The smallest absolute Gasteiger partial charge is 0 e. The number of hydrogen-bond donors (Lipinski definition) is 4. The van der Waals surface area contributed by atoms with Crippen LogP contribution in [-0.2, 0) is 131 Å². The molecule has 0 heterocycles. The fourth-order valence-corrected chi connectivity index (χ4v) is 0. The molecule has 4 nitrogen and oxygen atoms in total. The molecule has 0 aliphatic carbocycles. The van der Waals surface area contributed by atoms with Crippen LogP contribution >= 0.6 is 30.9 Å². The molecule has 0 aliphatic heterocycles. The molecule has 32 heavy (non-hydrogen) atoms. The van der Waals surface area contributed by atoms with Crippen molar-refractivity contribution in [1.82, 2.24) is 0 Å². The second-order valence-corrected chi connectivity index (χ2v) is 12.7. The fraction of sp³-hybridized carbons (Fsp3) is 1.00. The summed E-state index contributed by atoms with van der Waals surface area (Å²) >= 11 is 0. The van der Waals surface area contributed by atoms with Gasteiger partial charge in [0.1, 0.15) is 0 Å². The second kappa shape index (κ2) is 135. The molecule has 0 atom stereocenters. The van der Waals surface area contributed by atoms with Gasteiger partial charge in [0.05, 0.1) is 0 Å². The van der Waals surface area contributed by atoms with Crippen LogP contribution in [0.1, 0.15) is 89.1 Å². The Balaban J connectivity index is -0.00000000288. The predicted octanol–water partition coefficient (Wildman–Crippen LogP) is 13.0. The van der Waals surface area contributed by atoms with Gasteiger partial charge in [-0.1, -0.05) is 89.1 Å². The first kappa shape index (κ1) is 165. The van der Waals surface area contributed by atoms with E-state index in [4.69, 9.17) is 20.6 Å². The third kappa shape index (κ3) is 1520. The summed E-state index contributed by atoms with van der Waals surface area (Å²) in [6, 6.07) is 0. The molecule has 4 radical (unpaired) electrons. The molecule has 0 bridgehead atoms. The Morgan fingerprint density at radius 2 is 0.500 bits per heavy atom. The summed E-state index contributed by atoms with van der Waals surface area (Å²) in [4.78, 5) is 0. The number of nitrogens with one attached hydrogen (secondary N) is 4. The van der Waals surface area contributed by atoms with Crippen LogP contribution in [0, 0.1) is 20.6 Å². The quantitative estimate of drug-likeness (QED) is 0.175. The van der Waals surface area contributed by atoms with E-state index in [1.54, 1.807) is 6.66 Å². The Morgan fingerprint density at radius 3 is 0.500 bits per heavy atom. The predicted molar refractivity (Wildman–Crippen MR) is 170 cm³/mol. The molecular formula is C20H78N4P4Y4. The van der Waals surface area contributed by atoms with E-state index in [1.807, 2.05) is 46.7 Å². The summed E-state index contributed by atoms with van der Waals surface area (Å²) in [7, 11) is -1.73. The summed E-state index contributed by atoms with van der Waals surface area (Å²) in [6.45, 7) is 15.4. The van der Waals surface area contributed by atoms with Gasteiger partial charge in [0.25, 0.3) is 0 Å². The Labute approximate surface area is 319 Å². The van der Waals surface area contributed by atoms with Gasteiger partial charge in [0.15, 0.2) is 0 Å². The van der Waals surface area contributed by atoms with Crippen molar-refractivity contribution < 1.29 is 131 Å². The second-order valence-electron chi connectivity index (χ2n) is 4.24. The molecule has 0 saturated carbocycles. The monoisotopic (exact) mass is 854 g/mol. The zero-order valence-corrected chi connectivity index (χ0v) is 29.3. The molecule has 0 aliphatic rings. The zero-order valence-electron chi connectivity index (χ0n) is 14.2. The largest absolute Gasteiger partial charge is 0.322 e. The summed E-state index contributed by atoms with van der Waals surface area (Å²) < 4.78 is 0. The molecule has 0 aromatic carbocycles. The van der Waals surface area contributed by atoms with Crippen LogP contribution in [0.3, 0.4) is 0 Å². The molecule has 0 spiro atoms. The van der Waals surface area contributed by atoms with Gasteiger partial charge >= 0.3 is 0 Å². The van der Waals surface area contributed by atoms with Crippen LogP contribution in [0.5, 0.6) is 0 Å². The van der Waals surface area contributed by atoms with Crippen LogP contribution in [0.2, 0.25) is 0 Å². The first-order valence-electron chi connectivity index (χ1n) is 4.74. The standard InChI is InChI=1S/C3H10NP.2C2H8NP.CH4NP.12CH4.4Y/c1-5(2,3)4;2*1-4(2)3;1-3-2;;;;;;;;;;;;;;;;/h4H,1-3H3;2*3-4H,1-2H3;2H,1H3;12*1H4;;;;. The molecule has 0 amide bonds. The van der Waals surface area contributed by atoms with Crippen LogP contribution in [0.15, 0.2) is 0 Å². The van der Waals surface area contributed by atoms with Crippen LogP contribution < -0.4 is 0 Å². The molecule has 0 rings (SSSR count). The van der Waals surface area contributed by atoms with Gasteiger partial charge < -0.3 is 15.5 Å². The van der Waals surface area contributed by atoms with Gasteiger partial charge in [0.2, 0.25) is 0 Å². The number of rotatable bonds is 0. The van der Waals surface area contributed by atoms with E-state index < -0.39 is 22.5 Å². The topological polar surface area (TPSA) is 95.4 Å². The Hall–Kier alpha value is 5.21. The van der Waals surface area contributed by atoms with Crippen molar-refractivity contribution in [3.63, 3.8) is 0 Å². The SMILES string of the molecule is C.C.C.C.C.C.C.C.C.C.C.C.CP(C)(C)=N.CP=N.C[PH](C)=N.C[PH](C)=N.[Y].[Y].[Y].[Y]. The average molecular weight is 854 g/mol.